The van der Waals surface area contributed by atoms with Crippen molar-refractivity contribution in [1.82, 2.24) is 15.8 Å². The van der Waals surface area contributed by atoms with Crippen LogP contribution in [0, 0.1) is 0 Å². The van der Waals surface area contributed by atoms with Gasteiger partial charge in [-0.2, -0.15) is 0 Å². The molecular formula is C23H21BrN4O5S2. The van der Waals surface area contributed by atoms with Crippen LogP contribution in [0.25, 0.3) is 0 Å². The zero-order valence-corrected chi connectivity index (χ0v) is 21.5. The quantitative estimate of drug-likeness (QED) is 0.388. The maximum Gasteiger partial charge on any atom is 0.269 e. The maximum atomic E-state index is 12.6. The molecule has 1 aliphatic rings. The molecule has 2 heterocycles. The number of carbonyl (C=O) groups excluding carboxylic acids is 3. The molecular weight excluding hydrogens is 556 g/mol. The minimum absolute atomic E-state index is 0.101. The first kappa shape index (κ1) is 24.9. The molecule has 9 nitrogen and oxygen atoms in total. The largest absolute Gasteiger partial charge is 0.326 e. The number of thiophene rings is 1. The van der Waals surface area contributed by atoms with E-state index in [0.717, 1.165) is 4.47 Å². The van der Waals surface area contributed by atoms with E-state index in [2.05, 4.69) is 31.5 Å². The lowest BCUT2D eigenvalue weighted by atomic mass is 10.2. The van der Waals surface area contributed by atoms with E-state index in [4.69, 9.17) is 0 Å². The number of nitrogens with one attached hydrogen (secondary N) is 3. The SMILES string of the molecule is O=C(NNC(=O)C1CCCN1C(=O)c1cccs1)c1ccc(NS(=O)(=O)c2ccc(Br)cc2)cc1. The summed E-state index contributed by atoms with van der Waals surface area (Å²) in [5.74, 6) is -1.25. The van der Waals surface area contributed by atoms with E-state index in [-0.39, 0.29) is 22.1 Å². The monoisotopic (exact) mass is 576 g/mol. The summed E-state index contributed by atoms with van der Waals surface area (Å²) in [6.07, 6.45) is 1.20. The lowest BCUT2D eigenvalue weighted by Crippen LogP contribution is -2.51. The lowest BCUT2D eigenvalue weighted by Gasteiger charge is -2.23. The standard InChI is InChI=1S/C23H21BrN4O5S2/c24-16-7-11-18(12-8-16)35(32,33)27-17-9-5-15(6-10-17)21(29)25-26-22(30)19-3-1-13-28(19)23(31)20-4-2-14-34-20/h2,4-12,14,19,27H,1,3,13H2,(H,25,29)(H,26,30). The highest BCUT2D eigenvalue weighted by Crippen LogP contribution is 2.22. The van der Waals surface area contributed by atoms with Crippen molar-refractivity contribution in [3.05, 3.63) is 81.0 Å². The Hall–Kier alpha value is -3.22. The van der Waals surface area contributed by atoms with E-state index >= 15 is 0 Å². The number of hydrazine groups is 1. The Labute approximate surface area is 214 Å². The Kier molecular flexibility index (Phi) is 7.53. The van der Waals surface area contributed by atoms with E-state index < -0.39 is 27.9 Å². The summed E-state index contributed by atoms with van der Waals surface area (Å²) in [4.78, 5) is 39.9. The highest BCUT2D eigenvalue weighted by molar-refractivity contribution is 9.10. The molecule has 0 spiro atoms. The van der Waals surface area contributed by atoms with E-state index in [1.807, 2.05) is 0 Å². The van der Waals surface area contributed by atoms with Crippen LogP contribution >= 0.6 is 27.3 Å². The van der Waals surface area contributed by atoms with Crippen LogP contribution in [0.4, 0.5) is 5.69 Å². The molecule has 1 atom stereocenters. The highest BCUT2D eigenvalue weighted by atomic mass is 79.9. The van der Waals surface area contributed by atoms with Crippen molar-refractivity contribution in [2.75, 3.05) is 11.3 Å². The smallest absolute Gasteiger partial charge is 0.269 e. The van der Waals surface area contributed by atoms with Crippen molar-refractivity contribution in [3.8, 4) is 0 Å². The minimum Gasteiger partial charge on any atom is -0.326 e. The average molecular weight is 577 g/mol. The molecule has 0 radical (unpaired) electrons. The second kappa shape index (κ2) is 10.6. The van der Waals surface area contributed by atoms with Crippen LogP contribution in [-0.4, -0.2) is 43.6 Å². The first-order chi connectivity index (χ1) is 16.7. The molecule has 0 aliphatic carbocycles. The van der Waals surface area contributed by atoms with Crippen LogP contribution in [0.15, 0.2) is 75.4 Å². The summed E-state index contributed by atoms with van der Waals surface area (Å²) >= 11 is 4.58. The van der Waals surface area contributed by atoms with Crippen molar-refractivity contribution in [2.45, 2.75) is 23.8 Å². The Morgan fingerprint density at radius 1 is 0.971 bits per heavy atom. The van der Waals surface area contributed by atoms with Crippen LogP contribution in [-0.2, 0) is 14.8 Å². The van der Waals surface area contributed by atoms with Crippen LogP contribution in [0.3, 0.4) is 0 Å². The molecule has 1 fully saturated rings. The van der Waals surface area contributed by atoms with E-state index in [1.165, 1.54) is 52.6 Å². The molecule has 3 amide bonds. The van der Waals surface area contributed by atoms with Gasteiger partial charge in [0, 0.05) is 22.3 Å². The van der Waals surface area contributed by atoms with Gasteiger partial charge in [0.05, 0.1) is 9.77 Å². The van der Waals surface area contributed by atoms with Crippen molar-refractivity contribution in [3.63, 3.8) is 0 Å². The molecule has 2 aromatic carbocycles. The maximum absolute atomic E-state index is 12.6. The molecule has 12 heteroatoms. The van der Waals surface area contributed by atoms with Gasteiger partial charge in [0.25, 0.3) is 27.7 Å². The molecule has 0 saturated carbocycles. The fourth-order valence-corrected chi connectivity index (χ4v) is 5.62. The van der Waals surface area contributed by atoms with E-state index in [0.29, 0.717) is 24.3 Å². The Bertz CT molecular complexity index is 1330. The molecule has 35 heavy (non-hydrogen) atoms. The van der Waals surface area contributed by atoms with Crippen LogP contribution in [0.2, 0.25) is 0 Å². The topological polar surface area (TPSA) is 125 Å². The Balaban J connectivity index is 1.33. The van der Waals surface area contributed by atoms with Crippen molar-refractivity contribution < 1.29 is 22.8 Å². The molecule has 0 bridgehead atoms. The van der Waals surface area contributed by atoms with Crippen molar-refractivity contribution in [2.24, 2.45) is 0 Å². The number of sulfonamides is 1. The molecule has 1 saturated heterocycles. The number of hydrogen-bond donors (Lipinski definition) is 3. The van der Waals surface area contributed by atoms with Gasteiger partial charge in [-0.15, -0.1) is 11.3 Å². The van der Waals surface area contributed by atoms with Gasteiger partial charge in [0.15, 0.2) is 0 Å². The number of carbonyl (C=O) groups is 3. The van der Waals surface area contributed by atoms with Gasteiger partial charge in [0.2, 0.25) is 0 Å². The van der Waals surface area contributed by atoms with Crippen LogP contribution in [0.1, 0.15) is 32.9 Å². The third-order valence-corrected chi connectivity index (χ3v) is 8.15. The number of nitrogens with zero attached hydrogens (tertiary/aromatic N) is 1. The van der Waals surface area contributed by atoms with Crippen LogP contribution in [0.5, 0.6) is 0 Å². The second-order valence-corrected chi connectivity index (χ2v) is 11.3. The zero-order chi connectivity index (χ0) is 25.0. The molecule has 1 aliphatic heterocycles. The Morgan fingerprint density at radius 2 is 1.69 bits per heavy atom. The van der Waals surface area contributed by atoms with Gasteiger partial charge in [-0.05, 0) is 72.8 Å². The molecule has 182 valence electrons. The number of anilines is 1. The van der Waals surface area contributed by atoms with Gasteiger partial charge in [-0.3, -0.25) is 30.0 Å². The summed E-state index contributed by atoms with van der Waals surface area (Å²) in [6, 6.07) is 14.8. The van der Waals surface area contributed by atoms with Gasteiger partial charge < -0.3 is 4.90 Å². The third kappa shape index (κ3) is 5.89. The van der Waals surface area contributed by atoms with Gasteiger partial charge in [0.1, 0.15) is 6.04 Å². The van der Waals surface area contributed by atoms with E-state index in [1.54, 1.807) is 29.6 Å². The molecule has 4 rings (SSSR count). The Morgan fingerprint density at radius 3 is 2.34 bits per heavy atom. The van der Waals surface area contributed by atoms with Gasteiger partial charge >= 0.3 is 0 Å². The number of halogens is 1. The fraction of sp³-hybridized carbons (Fsp3) is 0.174. The van der Waals surface area contributed by atoms with Crippen molar-refractivity contribution >= 4 is 60.7 Å². The molecule has 3 N–H and O–H groups in total. The third-order valence-electron chi connectivity index (χ3n) is 5.37. The van der Waals surface area contributed by atoms with Crippen molar-refractivity contribution in [1.29, 1.82) is 0 Å². The summed E-state index contributed by atoms with van der Waals surface area (Å²) in [7, 11) is -3.78. The first-order valence-corrected chi connectivity index (χ1v) is 13.7. The zero-order valence-electron chi connectivity index (χ0n) is 18.2. The predicted octanol–water partition coefficient (Wildman–Crippen LogP) is 3.38. The number of rotatable bonds is 6. The molecule has 3 aromatic rings. The molecule has 1 aromatic heterocycles. The highest BCUT2D eigenvalue weighted by Gasteiger charge is 2.35. The molecule has 1 unspecified atom stereocenters. The summed E-state index contributed by atoms with van der Waals surface area (Å²) in [5, 5.41) is 1.80. The minimum atomic E-state index is -3.78. The summed E-state index contributed by atoms with van der Waals surface area (Å²) in [5.41, 5.74) is 5.24. The lowest BCUT2D eigenvalue weighted by molar-refractivity contribution is -0.125. The first-order valence-electron chi connectivity index (χ1n) is 10.6. The number of benzene rings is 2. The fourth-order valence-electron chi connectivity index (χ4n) is 3.62. The number of likely N-dealkylation sites (tertiary alicyclic amines) is 1. The normalized spacial score (nSPS) is 15.5. The van der Waals surface area contributed by atoms with Gasteiger partial charge in [-0.25, -0.2) is 8.42 Å². The number of hydrogen-bond acceptors (Lipinski definition) is 6. The number of amides is 3. The predicted molar refractivity (Wildman–Crippen MR) is 135 cm³/mol. The second-order valence-electron chi connectivity index (χ2n) is 7.71. The average Bonchev–Trinajstić information content (AvgIpc) is 3.55. The summed E-state index contributed by atoms with van der Waals surface area (Å²) in [6.45, 7) is 0.473. The summed E-state index contributed by atoms with van der Waals surface area (Å²) < 4.78 is 28.2. The van der Waals surface area contributed by atoms with Crippen LogP contribution < -0.4 is 15.6 Å². The van der Waals surface area contributed by atoms with Gasteiger partial charge in [-0.1, -0.05) is 22.0 Å². The van der Waals surface area contributed by atoms with E-state index in [9.17, 15) is 22.8 Å².